The number of carbonyl (C=O) groups excluding carboxylic acids is 2. The third-order valence-corrected chi connectivity index (χ3v) is 5.01. The number of para-hydroxylation sites is 2. The first-order valence-electron chi connectivity index (χ1n) is 9.19. The number of hydrogen-bond acceptors (Lipinski definition) is 6. The number of aromatic nitrogens is 2. The summed E-state index contributed by atoms with van der Waals surface area (Å²) < 4.78 is 18.5. The van der Waals surface area contributed by atoms with Crippen molar-refractivity contribution in [3.8, 4) is 11.5 Å². The maximum Gasteiger partial charge on any atom is 0.270 e. The van der Waals surface area contributed by atoms with Gasteiger partial charge >= 0.3 is 0 Å². The fourth-order valence-electron chi connectivity index (χ4n) is 3.66. The number of aryl methyl sites for hydroxylation is 1. The van der Waals surface area contributed by atoms with Crippen molar-refractivity contribution in [3.63, 3.8) is 0 Å². The first-order chi connectivity index (χ1) is 14.1. The van der Waals surface area contributed by atoms with E-state index in [1.807, 2.05) is 12.1 Å². The molecule has 2 atom stereocenters. The smallest absolute Gasteiger partial charge is 0.270 e. The molecule has 2 aliphatic rings. The molecule has 3 aromatic rings. The molecule has 1 aromatic carbocycles. The summed E-state index contributed by atoms with van der Waals surface area (Å²) in [6.07, 6.45) is 0.939. The molecule has 0 bridgehead atoms. The summed E-state index contributed by atoms with van der Waals surface area (Å²) in [6, 6.07) is 10.8. The average molecular weight is 394 g/mol. The molecule has 9 heteroatoms. The largest absolute Gasteiger partial charge is 0.485 e. The first kappa shape index (κ1) is 17.4. The average Bonchev–Trinajstić information content (AvgIpc) is 3.36. The molecule has 0 fully saturated rings. The number of anilines is 2. The van der Waals surface area contributed by atoms with Crippen molar-refractivity contribution in [2.75, 3.05) is 17.2 Å². The summed E-state index contributed by atoms with van der Waals surface area (Å²) in [7, 11) is 1.70. The van der Waals surface area contributed by atoms with E-state index in [4.69, 9.17) is 13.9 Å². The van der Waals surface area contributed by atoms with Crippen LogP contribution in [0.1, 0.15) is 23.7 Å². The summed E-state index contributed by atoms with van der Waals surface area (Å²) in [5.74, 6) is 1.78. The van der Waals surface area contributed by atoms with Crippen LogP contribution < -0.4 is 20.1 Å². The van der Waals surface area contributed by atoms with Gasteiger partial charge < -0.3 is 24.5 Å². The van der Waals surface area contributed by atoms with E-state index in [0.29, 0.717) is 34.5 Å². The van der Waals surface area contributed by atoms with Crippen molar-refractivity contribution in [2.45, 2.75) is 18.4 Å². The third-order valence-electron chi connectivity index (χ3n) is 5.01. The zero-order chi connectivity index (χ0) is 20.0. The maximum absolute atomic E-state index is 12.9. The number of benzene rings is 1. The standard InChI is InChI=1S/C20H18N4O5/c1-24-19-17(11(9-16(25)21-19)12-7-4-8-27-12)18(23-24)22-20(26)15-10-28-13-5-2-3-6-14(13)29-15/h2-8,11,15H,9-10H2,1H3,(H,21,25)(H,22,23,26). The van der Waals surface area contributed by atoms with Crippen molar-refractivity contribution in [1.29, 1.82) is 0 Å². The van der Waals surface area contributed by atoms with Crippen LogP contribution in [0.25, 0.3) is 0 Å². The highest BCUT2D eigenvalue weighted by Crippen LogP contribution is 2.41. The van der Waals surface area contributed by atoms with Gasteiger partial charge in [-0.3, -0.25) is 14.3 Å². The van der Waals surface area contributed by atoms with Crippen LogP contribution in [-0.2, 0) is 16.6 Å². The Morgan fingerprint density at radius 2 is 2.07 bits per heavy atom. The van der Waals surface area contributed by atoms with E-state index in [1.54, 1.807) is 37.6 Å². The van der Waals surface area contributed by atoms with Crippen molar-refractivity contribution in [3.05, 3.63) is 54.0 Å². The molecule has 5 rings (SSSR count). The molecule has 9 nitrogen and oxygen atoms in total. The van der Waals surface area contributed by atoms with Crippen molar-refractivity contribution >= 4 is 23.5 Å². The van der Waals surface area contributed by atoms with Gasteiger partial charge in [0.1, 0.15) is 18.2 Å². The minimum atomic E-state index is -0.817. The maximum atomic E-state index is 12.9. The zero-order valence-electron chi connectivity index (χ0n) is 15.5. The number of ether oxygens (including phenoxy) is 2. The van der Waals surface area contributed by atoms with E-state index in [-0.39, 0.29) is 30.8 Å². The molecule has 0 radical (unpaired) electrons. The van der Waals surface area contributed by atoms with Crippen LogP contribution in [-0.4, -0.2) is 34.3 Å². The molecule has 2 unspecified atom stereocenters. The van der Waals surface area contributed by atoms with Gasteiger partial charge in [-0.1, -0.05) is 12.1 Å². The van der Waals surface area contributed by atoms with Gasteiger partial charge in [0.05, 0.1) is 17.7 Å². The van der Waals surface area contributed by atoms with Gasteiger partial charge in [-0.05, 0) is 24.3 Å². The molecule has 2 amide bonds. The van der Waals surface area contributed by atoms with Gasteiger partial charge in [-0.25, -0.2) is 0 Å². The molecule has 0 saturated heterocycles. The van der Waals surface area contributed by atoms with E-state index in [1.165, 1.54) is 4.68 Å². The molecule has 4 heterocycles. The number of furan rings is 1. The molecular formula is C20H18N4O5. The predicted molar refractivity (Wildman–Crippen MR) is 102 cm³/mol. The number of fused-ring (bicyclic) bond motifs is 2. The number of nitrogens with one attached hydrogen (secondary N) is 2. The second-order valence-corrected chi connectivity index (χ2v) is 6.91. The number of carbonyl (C=O) groups is 2. The molecule has 2 aliphatic heterocycles. The first-order valence-corrected chi connectivity index (χ1v) is 9.19. The Kier molecular flexibility index (Phi) is 4.01. The molecule has 0 aliphatic carbocycles. The van der Waals surface area contributed by atoms with Gasteiger partial charge in [0.25, 0.3) is 5.91 Å². The topological polar surface area (TPSA) is 108 Å². The van der Waals surface area contributed by atoms with E-state index in [0.717, 1.165) is 0 Å². The Balaban J connectivity index is 1.43. The molecular weight excluding hydrogens is 376 g/mol. The molecule has 2 N–H and O–H groups in total. The van der Waals surface area contributed by atoms with Gasteiger partial charge in [-0.2, -0.15) is 5.10 Å². The lowest BCUT2D eigenvalue weighted by Gasteiger charge is -2.26. The minimum absolute atomic E-state index is 0.0935. The van der Waals surface area contributed by atoms with Crippen molar-refractivity contribution in [1.82, 2.24) is 9.78 Å². The molecule has 148 valence electrons. The highest BCUT2D eigenvalue weighted by atomic mass is 16.6. The Morgan fingerprint density at radius 1 is 1.24 bits per heavy atom. The van der Waals surface area contributed by atoms with Crippen LogP contribution in [0.2, 0.25) is 0 Å². The second kappa shape index (κ2) is 6.69. The number of nitrogens with zero attached hydrogens (tertiary/aromatic N) is 2. The van der Waals surface area contributed by atoms with Crippen LogP contribution in [0.4, 0.5) is 11.6 Å². The fourth-order valence-corrected chi connectivity index (χ4v) is 3.66. The molecule has 2 aromatic heterocycles. The summed E-state index contributed by atoms with van der Waals surface area (Å²) in [4.78, 5) is 25.0. The van der Waals surface area contributed by atoms with Gasteiger partial charge in [0, 0.05) is 13.5 Å². The number of amides is 2. The normalized spacial score (nSPS) is 20.0. The quantitative estimate of drug-likeness (QED) is 0.706. The number of hydrogen-bond donors (Lipinski definition) is 2. The van der Waals surface area contributed by atoms with E-state index in [2.05, 4.69) is 15.7 Å². The third kappa shape index (κ3) is 3.00. The van der Waals surface area contributed by atoms with Crippen LogP contribution in [0.3, 0.4) is 0 Å². The highest BCUT2D eigenvalue weighted by molar-refractivity contribution is 5.99. The summed E-state index contributed by atoms with van der Waals surface area (Å²) in [5, 5.41) is 10.0. The lowest BCUT2D eigenvalue weighted by Crippen LogP contribution is -2.40. The fraction of sp³-hybridized carbons (Fsp3) is 0.250. The number of rotatable bonds is 3. The molecule has 0 spiro atoms. The van der Waals surface area contributed by atoms with Gasteiger partial charge in [0.2, 0.25) is 12.0 Å². The second-order valence-electron chi connectivity index (χ2n) is 6.91. The zero-order valence-corrected chi connectivity index (χ0v) is 15.5. The summed E-state index contributed by atoms with van der Waals surface area (Å²) >= 11 is 0. The van der Waals surface area contributed by atoms with Crippen molar-refractivity contribution in [2.24, 2.45) is 7.05 Å². The van der Waals surface area contributed by atoms with Crippen LogP contribution in [0.15, 0.2) is 47.1 Å². The van der Waals surface area contributed by atoms with Crippen LogP contribution in [0, 0.1) is 0 Å². The summed E-state index contributed by atoms with van der Waals surface area (Å²) in [5.41, 5.74) is 0.701. The lowest BCUT2D eigenvalue weighted by molar-refractivity contribution is -0.125. The van der Waals surface area contributed by atoms with Crippen LogP contribution >= 0.6 is 0 Å². The Hall–Kier alpha value is -3.75. The van der Waals surface area contributed by atoms with Crippen LogP contribution in [0.5, 0.6) is 11.5 Å². The molecule has 29 heavy (non-hydrogen) atoms. The highest BCUT2D eigenvalue weighted by Gasteiger charge is 2.36. The minimum Gasteiger partial charge on any atom is -0.485 e. The van der Waals surface area contributed by atoms with Gasteiger partial charge in [0.15, 0.2) is 17.3 Å². The predicted octanol–water partition coefficient (Wildman–Crippen LogP) is 2.27. The Bertz CT molecular complexity index is 1090. The Labute approximate surface area is 165 Å². The monoisotopic (exact) mass is 394 g/mol. The molecule has 0 saturated carbocycles. The van der Waals surface area contributed by atoms with E-state index < -0.39 is 6.10 Å². The lowest BCUT2D eigenvalue weighted by atomic mass is 9.91. The van der Waals surface area contributed by atoms with E-state index in [9.17, 15) is 9.59 Å². The van der Waals surface area contributed by atoms with Crippen molar-refractivity contribution < 1.29 is 23.5 Å². The Morgan fingerprint density at radius 3 is 2.86 bits per heavy atom. The van der Waals surface area contributed by atoms with Gasteiger partial charge in [-0.15, -0.1) is 0 Å². The summed E-state index contributed by atoms with van der Waals surface area (Å²) in [6.45, 7) is 0.0935. The SMILES string of the molecule is Cn1nc(NC(=O)C2COc3ccccc3O2)c2c1NC(=O)CC2c1ccco1. The van der Waals surface area contributed by atoms with E-state index >= 15 is 0 Å².